The zero-order chi connectivity index (χ0) is 16.3. The Bertz CT molecular complexity index is 593. The lowest BCUT2D eigenvalue weighted by molar-refractivity contribution is -0.148. The number of thiazole rings is 1. The lowest BCUT2D eigenvalue weighted by Gasteiger charge is -2.20. The number of carbonyl (C=O) groups is 1. The molecule has 0 spiro atoms. The predicted molar refractivity (Wildman–Crippen MR) is 84.8 cm³/mol. The minimum Gasteiger partial charge on any atom is -0.465 e. The summed E-state index contributed by atoms with van der Waals surface area (Å²) in [5.74, 6) is -0.250. The van der Waals surface area contributed by atoms with Crippen LogP contribution in [0, 0.1) is 0 Å². The SMILES string of the molecule is CCOC(=O)C(C)(C)c1csc(N(C)CCS(C)(=O)=O)n1. The first-order chi connectivity index (χ1) is 9.58. The highest BCUT2D eigenvalue weighted by atomic mass is 32.2. The summed E-state index contributed by atoms with van der Waals surface area (Å²) in [6.07, 6.45) is 1.21. The molecule has 0 aliphatic carbocycles. The molecule has 0 bridgehead atoms. The number of carbonyl (C=O) groups excluding carboxylic acids is 1. The molecule has 0 fully saturated rings. The van der Waals surface area contributed by atoms with Crippen LogP contribution in [0.5, 0.6) is 0 Å². The molecule has 1 heterocycles. The van der Waals surface area contributed by atoms with Gasteiger partial charge in [-0.15, -0.1) is 11.3 Å². The summed E-state index contributed by atoms with van der Waals surface area (Å²) in [5.41, 5.74) is -0.185. The number of anilines is 1. The third-order valence-electron chi connectivity index (χ3n) is 3.04. The molecule has 0 aliphatic rings. The number of sulfone groups is 1. The van der Waals surface area contributed by atoms with E-state index >= 15 is 0 Å². The smallest absolute Gasteiger partial charge is 0.317 e. The van der Waals surface area contributed by atoms with Crippen molar-refractivity contribution in [1.82, 2.24) is 4.98 Å². The Hall–Kier alpha value is -1.15. The Morgan fingerprint density at radius 3 is 2.62 bits per heavy atom. The molecule has 0 radical (unpaired) electrons. The molecule has 0 atom stereocenters. The first kappa shape index (κ1) is 17.9. The van der Waals surface area contributed by atoms with Crippen LogP contribution in [0.2, 0.25) is 0 Å². The predicted octanol–water partition coefficient (Wildman–Crippen LogP) is 1.46. The van der Waals surface area contributed by atoms with E-state index in [0.29, 0.717) is 24.0 Å². The number of hydrogen-bond acceptors (Lipinski definition) is 7. The first-order valence-corrected chi connectivity index (χ1v) is 9.54. The van der Waals surface area contributed by atoms with Gasteiger partial charge in [0.1, 0.15) is 15.3 Å². The molecule has 0 amide bonds. The minimum atomic E-state index is -3.01. The van der Waals surface area contributed by atoms with Gasteiger partial charge in [-0.3, -0.25) is 4.79 Å². The van der Waals surface area contributed by atoms with Gasteiger partial charge in [0.05, 0.1) is 18.1 Å². The highest BCUT2D eigenvalue weighted by Crippen LogP contribution is 2.29. The molecule has 21 heavy (non-hydrogen) atoms. The molecular formula is C13H22N2O4S2. The van der Waals surface area contributed by atoms with Crippen LogP contribution in [0.1, 0.15) is 26.5 Å². The average molecular weight is 334 g/mol. The fourth-order valence-corrected chi connectivity index (χ4v) is 3.13. The van der Waals surface area contributed by atoms with Crippen LogP contribution < -0.4 is 4.90 Å². The summed E-state index contributed by atoms with van der Waals surface area (Å²) in [6.45, 7) is 5.99. The van der Waals surface area contributed by atoms with Crippen LogP contribution in [0.4, 0.5) is 5.13 Å². The average Bonchev–Trinajstić information content (AvgIpc) is 2.85. The van der Waals surface area contributed by atoms with Crippen LogP contribution in [0.3, 0.4) is 0 Å². The molecule has 1 aromatic rings. The highest BCUT2D eigenvalue weighted by molar-refractivity contribution is 7.90. The first-order valence-electron chi connectivity index (χ1n) is 6.60. The van der Waals surface area contributed by atoms with Gasteiger partial charge < -0.3 is 9.64 Å². The Morgan fingerprint density at radius 2 is 2.10 bits per heavy atom. The lowest BCUT2D eigenvalue weighted by Crippen LogP contribution is -2.32. The Morgan fingerprint density at radius 1 is 1.48 bits per heavy atom. The van der Waals surface area contributed by atoms with Crippen molar-refractivity contribution in [3.63, 3.8) is 0 Å². The van der Waals surface area contributed by atoms with Gasteiger partial charge in [0.25, 0.3) is 0 Å². The van der Waals surface area contributed by atoms with Crippen molar-refractivity contribution >= 4 is 32.3 Å². The Balaban J connectivity index is 2.83. The number of nitrogens with zero attached hydrogens (tertiary/aromatic N) is 2. The molecule has 0 unspecified atom stereocenters. The number of aromatic nitrogens is 1. The van der Waals surface area contributed by atoms with E-state index in [9.17, 15) is 13.2 Å². The highest BCUT2D eigenvalue weighted by Gasteiger charge is 2.34. The van der Waals surface area contributed by atoms with Gasteiger partial charge in [0.15, 0.2) is 5.13 Å². The van der Waals surface area contributed by atoms with Crippen molar-refractivity contribution in [2.24, 2.45) is 0 Å². The molecule has 0 aromatic carbocycles. The van der Waals surface area contributed by atoms with Crippen LogP contribution in [-0.2, 0) is 24.8 Å². The van der Waals surface area contributed by atoms with E-state index < -0.39 is 15.3 Å². The molecular weight excluding hydrogens is 312 g/mol. The van der Waals surface area contributed by atoms with E-state index in [0.717, 1.165) is 0 Å². The largest absolute Gasteiger partial charge is 0.465 e. The monoisotopic (exact) mass is 334 g/mol. The second-order valence-corrected chi connectivity index (χ2v) is 8.51. The van der Waals surface area contributed by atoms with Crippen molar-refractivity contribution in [2.45, 2.75) is 26.2 Å². The van der Waals surface area contributed by atoms with Gasteiger partial charge in [-0.05, 0) is 20.8 Å². The second kappa shape index (κ2) is 6.74. The van der Waals surface area contributed by atoms with Gasteiger partial charge in [0.2, 0.25) is 0 Å². The second-order valence-electron chi connectivity index (χ2n) is 5.41. The van der Waals surface area contributed by atoms with Gasteiger partial charge in [0, 0.05) is 25.2 Å². The summed E-state index contributed by atoms with van der Waals surface area (Å²) in [4.78, 5) is 18.2. The molecule has 120 valence electrons. The summed E-state index contributed by atoms with van der Waals surface area (Å²) in [7, 11) is -1.23. The zero-order valence-corrected chi connectivity index (χ0v) is 14.7. The maximum Gasteiger partial charge on any atom is 0.317 e. The fourth-order valence-electron chi connectivity index (χ4n) is 1.54. The molecule has 8 heteroatoms. The molecule has 1 rings (SSSR count). The number of ether oxygens (including phenoxy) is 1. The van der Waals surface area contributed by atoms with Gasteiger partial charge in [-0.1, -0.05) is 0 Å². The van der Waals surface area contributed by atoms with Crippen molar-refractivity contribution in [1.29, 1.82) is 0 Å². The van der Waals surface area contributed by atoms with Crippen LogP contribution in [0.15, 0.2) is 5.38 Å². The van der Waals surface area contributed by atoms with Crippen molar-refractivity contribution in [3.05, 3.63) is 11.1 Å². The van der Waals surface area contributed by atoms with Crippen LogP contribution in [-0.4, -0.2) is 51.6 Å². The van der Waals surface area contributed by atoms with Gasteiger partial charge in [-0.2, -0.15) is 0 Å². The van der Waals surface area contributed by atoms with E-state index in [4.69, 9.17) is 4.74 Å². The lowest BCUT2D eigenvalue weighted by atomic mass is 9.90. The third-order valence-corrected chi connectivity index (χ3v) is 4.92. The van der Waals surface area contributed by atoms with E-state index in [2.05, 4.69) is 4.98 Å². The topological polar surface area (TPSA) is 76.6 Å². The zero-order valence-electron chi connectivity index (χ0n) is 13.0. The summed E-state index contributed by atoms with van der Waals surface area (Å²) in [5, 5.41) is 2.49. The normalized spacial score (nSPS) is 12.2. The molecule has 0 N–H and O–H groups in total. The number of rotatable bonds is 7. The number of esters is 1. The van der Waals surface area contributed by atoms with E-state index in [1.807, 2.05) is 5.38 Å². The summed E-state index contributed by atoms with van der Waals surface area (Å²) >= 11 is 1.38. The minimum absolute atomic E-state index is 0.0691. The maximum atomic E-state index is 12.0. The molecule has 1 aromatic heterocycles. The molecule has 0 saturated heterocycles. The van der Waals surface area contributed by atoms with Crippen LogP contribution in [0.25, 0.3) is 0 Å². The third kappa shape index (κ3) is 4.96. The van der Waals surface area contributed by atoms with Crippen molar-refractivity contribution < 1.29 is 17.9 Å². The van der Waals surface area contributed by atoms with Crippen molar-refractivity contribution in [3.8, 4) is 0 Å². The Labute approximate surface area is 130 Å². The van der Waals surface area contributed by atoms with E-state index in [1.165, 1.54) is 17.6 Å². The van der Waals surface area contributed by atoms with E-state index in [-0.39, 0.29) is 11.7 Å². The maximum absolute atomic E-state index is 12.0. The number of hydrogen-bond donors (Lipinski definition) is 0. The summed E-state index contributed by atoms with van der Waals surface area (Å²) in [6, 6.07) is 0. The Kier molecular flexibility index (Phi) is 5.75. The van der Waals surface area contributed by atoms with Crippen molar-refractivity contribution in [2.75, 3.05) is 37.1 Å². The molecule has 0 aliphatic heterocycles. The van der Waals surface area contributed by atoms with Gasteiger partial charge in [-0.25, -0.2) is 13.4 Å². The standard InChI is InChI=1S/C13H22N2O4S2/c1-6-19-11(16)13(2,3)10-9-20-12(14-10)15(4)7-8-21(5,17)18/h9H,6-8H2,1-5H3. The fraction of sp³-hybridized carbons (Fsp3) is 0.692. The quantitative estimate of drug-likeness (QED) is 0.703. The van der Waals surface area contributed by atoms with Crippen LogP contribution >= 0.6 is 11.3 Å². The molecule has 6 nitrogen and oxygen atoms in total. The van der Waals surface area contributed by atoms with E-state index in [1.54, 1.807) is 32.7 Å². The van der Waals surface area contributed by atoms with Gasteiger partial charge >= 0.3 is 5.97 Å². The summed E-state index contributed by atoms with van der Waals surface area (Å²) < 4.78 is 27.4. The molecule has 0 saturated carbocycles.